The van der Waals surface area contributed by atoms with Gasteiger partial charge in [0.05, 0.1) is 11.8 Å². The van der Waals surface area contributed by atoms with Crippen LogP contribution in [0.15, 0.2) is 42.5 Å². The van der Waals surface area contributed by atoms with Gasteiger partial charge in [-0.15, -0.1) is 0 Å². The standard InChI is InChI=1S/C24H31N3O3/c1-17(2)16-21(27-22(28)19-10-6-7-11-20(19)23(27)29)24(30)26-14-12-25(13-15-26)18-8-4-3-5-9-18/h3-9,17,19-21H,10-16H2,1-2H3. The second kappa shape index (κ2) is 8.62. The first kappa shape index (κ1) is 20.6. The number of para-hydroxylation sites is 1. The van der Waals surface area contributed by atoms with Gasteiger partial charge in [-0.1, -0.05) is 44.2 Å². The van der Waals surface area contributed by atoms with Crippen LogP contribution in [0.25, 0.3) is 0 Å². The lowest BCUT2D eigenvalue weighted by Gasteiger charge is -2.39. The van der Waals surface area contributed by atoms with Crippen molar-refractivity contribution < 1.29 is 14.4 Å². The summed E-state index contributed by atoms with van der Waals surface area (Å²) in [6.45, 7) is 6.78. The average Bonchev–Trinajstić information content (AvgIpc) is 3.02. The maximum Gasteiger partial charge on any atom is 0.246 e. The fraction of sp³-hybridized carbons (Fsp3) is 0.542. The Hall–Kier alpha value is -2.63. The lowest BCUT2D eigenvalue weighted by molar-refractivity contribution is -0.152. The molecule has 0 aromatic heterocycles. The van der Waals surface area contributed by atoms with Gasteiger partial charge in [-0.2, -0.15) is 0 Å². The number of piperazine rings is 1. The number of benzene rings is 1. The number of fused-ring (bicyclic) bond motifs is 1. The molecule has 1 aromatic carbocycles. The van der Waals surface area contributed by atoms with Gasteiger partial charge in [0.2, 0.25) is 17.7 Å². The molecule has 3 atom stereocenters. The first-order valence-corrected chi connectivity index (χ1v) is 11.1. The van der Waals surface area contributed by atoms with E-state index in [0.29, 0.717) is 32.4 Å². The summed E-state index contributed by atoms with van der Waals surface area (Å²) < 4.78 is 0. The highest BCUT2D eigenvalue weighted by molar-refractivity contribution is 6.08. The number of carbonyl (C=O) groups excluding carboxylic acids is 3. The lowest BCUT2D eigenvalue weighted by atomic mass is 9.85. The zero-order valence-electron chi connectivity index (χ0n) is 17.9. The monoisotopic (exact) mass is 409 g/mol. The van der Waals surface area contributed by atoms with Crippen LogP contribution in [0.5, 0.6) is 0 Å². The number of amides is 3. The fourth-order valence-electron chi connectivity index (χ4n) is 4.93. The Kier molecular flexibility index (Phi) is 5.93. The van der Waals surface area contributed by atoms with Gasteiger partial charge in [0.1, 0.15) is 6.04 Å². The third-order valence-electron chi connectivity index (χ3n) is 6.55. The Morgan fingerprint density at radius 3 is 2.03 bits per heavy atom. The molecule has 6 heteroatoms. The summed E-state index contributed by atoms with van der Waals surface area (Å²) in [6, 6.07) is 9.51. The number of hydrogen-bond acceptors (Lipinski definition) is 4. The summed E-state index contributed by atoms with van der Waals surface area (Å²) in [6.07, 6.45) is 5.69. The number of anilines is 1. The van der Waals surface area contributed by atoms with E-state index in [-0.39, 0.29) is 35.5 Å². The Morgan fingerprint density at radius 1 is 0.933 bits per heavy atom. The number of hydrogen-bond donors (Lipinski definition) is 0. The van der Waals surface area contributed by atoms with E-state index in [4.69, 9.17) is 0 Å². The predicted octanol–water partition coefficient (Wildman–Crippen LogP) is 2.70. The molecule has 0 N–H and O–H groups in total. The molecule has 2 heterocycles. The molecule has 2 aliphatic heterocycles. The Morgan fingerprint density at radius 2 is 1.50 bits per heavy atom. The summed E-state index contributed by atoms with van der Waals surface area (Å²) in [4.78, 5) is 45.1. The van der Waals surface area contributed by atoms with Gasteiger partial charge in [0.15, 0.2) is 0 Å². The second-order valence-corrected chi connectivity index (χ2v) is 9.00. The van der Waals surface area contributed by atoms with E-state index in [9.17, 15) is 14.4 Å². The Bertz CT molecular complexity index is 801. The highest BCUT2D eigenvalue weighted by Crippen LogP contribution is 2.37. The van der Waals surface area contributed by atoms with E-state index in [1.165, 1.54) is 4.90 Å². The molecule has 3 unspecified atom stereocenters. The van der Waals surface area contributed by atoms with E-state index < -0.39 is 6.04 Å². The van der Waals surface area contributed by atoms with Gasteiger partial charge in [0.25, 0.3) is 0 Å². The molecule has 2 fully saturated rings. The number of nitrogens with zero attached hydrogens (tertiary/aromatic N) is 3. The van der Waals surface area contributed by atoms with Crippen molar-refractivity contribution >= 4 is 23.4 Å². The zero-order chi connectivity index (χ0) is 21.3. The number of rotatable bonds is 5. The molecular weight excluding hydrogens is 378 g/mol. The minimum absolute atomic E-state index is 0.0790. The molecule has 6 nitrogen and oxygen atoms in total. The van der Waals surface area contributed by atoms with Crippen LogP contribution in [0.2, 0.25) is 0 Å². The maximum atomic E-state index is 13.5. The van der Waals surface area contributed by atoms with E-state index in [2.05, 4.69) is 17.0 Å². The summed E-state index contributed by atoms with van der Waals surface area (Å²) in [5.41, 5.74) is 1.16. The number of likely N-dealkylation sites (tertiary alicyclic amines) is 1. The highest BCUT2D eigenvalue weighted by atomic mass is 16.2. The van der Waals surface area contributed by atoms with E-state index in [0.717, 1.165) is 18.8 Å². The average molecular weight is 410 g/mol. The third-order valence-corrected chi connectivity index (χ3v) is 6.55. The summed E-state index contributed by atoms with van der Waals surface area (Å²) in [7, 11) is 0. The molecule has 1 aromatic rings. The number of allylic oxidation sites excluding steroid dienone is 2. The molecule has 30 heavy (non-hydrogen) atoms. The van der Waals surface area contributed by atoms with Crippen molar-refractivity contribution in [2.75, 3.05) is 31.1 Å². The van der Waals surface area contributed by atoms with Crippen molar-refractivity contribution in [3.05, 3.63) is 42.5 Å². The van der Waals surface area contributed by atoms with Crippen molar-refractivity contribution in [1.82, 2.24) is 9.80 Å². The first-order chi connectivity index (χ1) is 14.5. The largest absolute Gasteiger partial charge is 0.368 e. The highest BCUT2D eigenvalue weighted by Gasteiger charge is 2.51. The van der Waals surface area contributed by atoms with Gasteiger partial charge in [0, 0.05) is 31.9 Å². The van der Waals surface area contributed by atoms with Crippen LogP contribution in [0.1, 0.15) is 33.1 Å². The van der Waals surface area contributed by atoms with Gasteiger partial charge in [-0.25, -0.2) is 0 Å². The van der Waals surface area contributed by atoms with Crippen LogP contribution in [-0.2, 0) is 14.4 Å². The van der Waals surface area contributed by atoms with Crippen LogP contribution in [0, 0.1) is 17.8 Å². The molecule has 0 saturated carbocycles. The maximum absolute atomic E-state index is 13.5. The topological polar surface area (TPSA) is 60.9 Å². The van der Waals surface area contributed by atoms with Crippen molar-refractivity contribution in [2.45, 2.75) is 39.2 Å². The van der Waals surface area contributed by atoms with Crippen molar-refractivity contribution in [2.24, 2.45) is 17.8 Å². The molecule has 160 valence electrons. The van der Waals surface area contributed by atoms with E-state index >= 15 is 0 Å². The minimum atomic E-state index is -0.682. The quantitative estimate of drug-likeness (QED) is 0.554. The molecular formula is C24H31N3O3. The van der Waals surface area contributed by atoms with Crippen LogP contribution >= 0.6 is 0 Å². The summed E-state index contributed by atoms with van der Waals surface area (Å²) >= 11 is 0. The van der Waals surface area contributed by atoms with Gasteiger partial charge < -0.3 is 9.80 Å². The molecule has 4 rings (SSSR count). The van der Waals surface area contributed by atoms with Crippen molar-refractivity contribution in [1.29, 1.82) is 0 Å². The van der Waals surface area contributed by atoms with Gasteiger partial charge >= 0.3 is 0 Å². The molecule has 3 aliphatic rings. The van der Waals surface area contributed by atoms with E-state index in [1.54, 1.807) is 0 Å². The molecule has 1 aliphatic carbocycles. The smallest absolute Gasteiger partial charge is 0.246 e. The first-order valence-electron chi connectivity index (χ1n) is 11.1. The number of imide groups is 1. The third kappa shape index (κ3) is 3.87. The summed E-state index contributed by atoms with van der Waals surface area (Å²) in [5.74, 6) is -0.761. The normalized spacial score (nSPS) is 25.1. The van der Waals surface area contributed by atoms with Gasteiger partial charge in [-0.05, 0) is 37.3 Å². The van der Waals surface area contributed by atoms with Crippen LogP contribution in [-0.4, -0.2) is 59.7 Å². The number of carbonyl (C=O) groups is 3. The lowest BCUT2D eigenvalue weighted by Crippen LogP contribution is -2.56. The van der Waals surface area contributed by atoms with Crippen LogP contribution in [0.3, 0.4) is 0 Å². The second-order valence-electron chi connectivity index (χ2n) is 9.00. The fourth-order valence-corrected chi connectivity index (χ4v) is 4.93. The molecule has 0 spiro atoms. The molecule has 3 amide bonds. The molecule has 0 radical (unpaired) electrons. The minimum Gasteiger partial charge on any atom is -0.368 e. The Labute approximate surface area is 178 Å². The zero-order valence-corrected chi connectivity index (χ0v) is 17.9. The van der Waals surface area contributed by atoms with Crippen molar-refractivity contribution in [3.63, 3.8) is 0 Å². The SMILES string of the molecule is CC(C)CC(C(=O)N1CCN(c2ccccc2)CC1)N1C(=O)C2CC=CCC2C1=O. The van der Waals surface area contributed by atoms with E-state index in [1.807, 2.05) is 49.1 Å². The predicted molar refractivity (Wildman–Crippen MR) is 116 cm³/mol. The van der Waals surface area contributed by atoms with Gasteiger partial charge in [-0.3, -0.25) is 19.3 Å². The Balaban J connectivity index is 1.48. The van der Waals surface area contributed by atoms with Crippen LogP contribution < -0.4 is 4.90 Å². The summed E-state index contributed by atoms with van der Waals surface area (Å²) in [5, 5.41) is 0. The molecule has 2 saturated heterocycles. The van der Waals surface area contributed by atoms with Crippen molar-refractivity contribution in [3.8, 4) is 0 Å². The molecule has 0 bridgehead atoms. The van der Waals surface area contributed by atoms with Crippen LogP contribution in [0.4, 0.5) is 5.69 Å².